The van der Waals surface area contributed by atoms with Gasteiger partial charge in [-0.05, 0) is 52.9 Å². The molecule has 0 aliphatic carbocycles. The van der Waals surface area contributed by atoms with E-state index in [1.54, 1.807) is 12.1 Å². The van der Waals surface area contributed by atoms with Crippen LogP contribution < -0.4 is 4.74 Å². The first-order valence-electron chi connectivity index (χ1n) is 5.62. The zero-order valence-corrected chi connectivity index (χ0v) is 13.2. The highest BCUT2D eigenvalue weighted by atomic mass is 127. The van der Waals surface area contributed by atoms with E-state index in [9.17, 15) is 18.0 Å². The van der Waals surface area contributed by atoms with Gasteiger partial charge in [0.25, 0.3) is 0 Å². The maximum absolute atomic E-state index is 12.3. The van der Waals surface area contributed by atoms with Crippen LogP contribution in [-0.4, -0.2) is 12.1 Å². The minimum atomic E-state index is -4.80. The van der Waals surface area contributed by atoms with Crippen LogP contribution in [0.2, 0.25) is 5.02 Å². The second-order valence-corrected chi connectivity index (χ2v) is 5.63. The van der Waals surface area contributed by atoms with Gasteiger partial charge in [-0.3, -0.25) is 4.79 Å². The summed E-state index contributed by atoms with van der Waals surface area (Å²) in [6.45, 7) is 0. The van der Waals surface area contributed by atoms with Gasteiger partial charge in [-0.25, -0.2) is 0 Å². The van der Waals surface area contributed by atoms with Crippen molar-refractivity contribution in [1.82, 2.24) is 0 Å². The molecule has 0 N–H and O–H groups in total. The first-order chi connectivity index (χ1) is 9.76. The number of hydrogen-bond acceptors (Lipinski definition) is 2. The summed E-state index contributed by atoms with van der Waals surface area (Å²) in [5, 5.41) is 0.376. The van der Waals surface area contributed by atoms with Gasteiger partial charge in [-0.2, -0.15) is 0 Å². The van der Waals surface area contributed by atoms with Crippen LogP contribution in [0.3, 0.4) is 0 Å². The maximum Gasteiger partial charge on any atom is 0.573 e. The summed E-state index contributed by atoms with van der Waals surface area (Å²) in [4.78, 5) is 12.3. The van der Waals surface area contributed by atoms with Crippen LogP contribution in [-0.2, 0) is 0 Å². The number of carbonyl (C=O) groups excluding carboxylic acids is 1. The normalized spacial score (nSPS) is 11.3. The first kappa shape index (κ1) is 16.1. The summed E-state index contributed by atoms with van der Waals surface area (Å²) < 4.78 is 41.0. The van der Waals surface area contributed by atoms with Gasteiger partial charge in [0, 0.05) is 19.7 Å². The average Bonchev–Trinajstić information content (AvgIpc) is 2.39. The lowest BCUT2D eigenvalue weighted by Crippen LogP contribution is -2.17. The van der Waals surface area contributed by atoms with Gasteiger partial charge in [-0.1, -0.05) is 23.7 Å². The number of halogens is 5. The fourth-order valence-electron chi connectivity index (χ4n) is 1.66. The van der Waals surface area contributed by atoms with Crippen LogP contribution in [0.4, 0.5) is 13.2 Å². The first-order valence-corrected chi connectivity index (χ1v) is 7.07. The molecule has 0 saturated heterocycles. The van der Waals surface area contributed by atoms with Crippen LogP contribution in [0, 0.1) is 3.57 Å². The Balaban J connectivity index is 2.35. The highest BCUT2D eigenvalue weighted by molar-refractivity contribution is 14.1. The minimum absolute atomic E-state index is 0.0944. The van der Waals surface area contributed by atoms with Crippen LogP contribution in [0.5, 0.6) is 5.75 Å². The third-order valence-electron chi connectivity index (χ3n) is 2.50. The largest absolute Gasteiger partial charge is 0.573 e. The van der Waals surface area contributed by atoms with E-state index in [1.807, 2.05) is 22.6 Å². The van der Waals surface area contributed by atoms with Gasteiger partial charge in [-0.15, -0.1) is 13.2 Å². The molecule has 110 valence electrons. The predicted molar refractivity (Wildman–Crippen MR) is 80.7 cm³/mol. The number of rotatable bonds is 3. The van der Waals surface area contributed by atoms with E-state index >= 15 is 0 Å². The molecule has 2 rings (SSSR count). The van der Waals surface area contributed by atoms with Gasteiger partial charge in [0.1, 0.15) is 5.75 Å². The van der Waals surface area contributed by atoms with Crippen molar-refractivity contribution in [2.24, 2.45) is 0 Å². The molecule has 7 heteroatoms. The number of ether oxygens (including phenoxy) is 1. The molecule has 2 aromatic rings. The lowest BCUT2D eigenvalue weighted by molar-refractivity contribution is -0.274. The van der Waals surface area contributed by atoms with Crippen LogP contribution in [0.25, 0.3) is 0 Å². The summed E-state index contributed by atoms with van der Waals surface area (Å²) in [5.41, 5.74) is 0.421. The fourth-order valence-corrected chi connectivity index (χ4v) is 2.41. The van der Waals surface area contributed by atoms with E-state index in [2.05, 4.69) is 4.74 Å². The number of hydrogen-bond donors (Lipinski definition) is 0. The topological polar surface area (TPSA) is 26.3 Å². The molecular weight excluding hydrogens is 420 g/mol. The second-order valence-electron chi connectivity index (χ2n) is 4.03. The third kappa shape index (κ3) is 4.34. The maximum atomic E-state index is 12.3. The molecule has 0 amide bonds. The third-order valence-corrected chi connectivity index (χ3v) is 3.68. The van der Waals surface area contributed by atoms with Crippen LogP contribution in [0.1, 0.15) is 15.9 Å². The molecule has 0 spiro atoms. The minimum Gasteiger partial charge on any atom is -0.406 e. The van der Waals surface area contributed by atoms with Gasteiger partial charge < -0.3 is 4.74 Å². The SMILES string of the molecule is O=C(c1cccc(OC(F)(F)F)c1)c1cc(Cl)ccc1I. The van der Waals surface area contributed by atoms with Gasteiger partial charge in [0.2, 0.25) is 0 Å². The monoisotopic (exact) mass is 426 g/mol. The van der Waals surface area contributed by atoms with Crippen molar-refractivity contribution in [2.45, 2.75) is 6.36 Å². The summed E-state index contributed by atoms with van der Waals surface area (Å²) >= 11 is 7.80. The molecule has 0 atom stereocenters. The smallest absolute Gasteiger partial charge is 0.406 e. The molecule has 2 nitrogen and oxygen atoms in total. The molecule has 0 unspecified atom stereocenters. The number of alkyl halides is 3. The quantitative estimate of drug-likeness (QED) is 0.506. The molecule has 0 radical (unpaired) electrons. The Morgan fingerprint density at radius 3 is 2.52 bits per heavy atom. The van der Waals surface area contributed by atoms with Crippen molar-refractivity contribution in [3.8, 4) is 5.75 Å². The Labute approximate surface area is 137 Å². The number of ketones is 1. The van der Waals surface area contributed by atoms with E-state index in [0.717, 1.165) is 12.1 Å². The molecule has 0 aliphatic rings. The highest BCUT2D eigenvalue weighted by Gasteiger charge is 2.31. The highest BCUT2D eigenvalue weighted by Crippen LogP contribution is 2.26. The lowest BCUT2D eigenvalue weighted by Gasteiger charge is -2.10. The van der Waals surface area contributed by atoms with E-state index in [4.69, 9.17) is 11.6 Å². The van der Waals surface area contributed by atoms with Crippen LogP contribution >= 0.6 is 34.2 Å². The van der Waals surface area contributed by atoms with Crippen molar-refractivity contribution in [2.75, 3.05) is 0 Å². The summed E-state index contributed by atoms with van der Waals surface area (Å²) in [6.07, 6.45) is -4.80. The standard InChI is InChI=1S/C14H7ClF3IO2/c15-9-4-5-12(19)11(7-9)13(20)8-2-1-3-10(6-8)21-14(16,17)18/h1-7H. The molecule has 0 saturated carbocycles. The fraction of sp³-hybridized carbons (Fsp3) is 0.0714. The summed E-state index contributed by atoms with van der Waals surface area (Å²) in [6, 6.07) is 9.69. The van der Waals surface area contributed by atoms with Crippen molar-refractivity contribution in [3.05, 3.63) is 62.2 Å². The Kier molecular flexibility index (Phi) is 4.77. The molecular formula is C14H7ClF3IO2. The van der Waals surface area contributed by atoms with Crippen molar-refractivity contribution in [3.63, 3.8) is 0 Å². The van der Waals surface area contributed by atoms with Gasteiger partial charge in [0.15, 0.2) is 5.78 Å². The molecule has 0 fully saturated rings. The van der Waals surface area contributed by atoms with Crippen molar-refractivity contribution in [1.29, 1.82) is 0 Å². The van der Waals surface area contributed by atoms with E-state index in [0.29, 0.717) is 14.2 Å². The van der Waals surface area contributed by atoms with Crippen molar-refractivity contribution < 1.29 is 22.7 Å². The van der Waals surface area contributed by atoms with Gasteiger partial charge in [0.05, 0.1) is 0 Å². The second kappa shape index (κ2) is 6.23. The Morgan fingerprint density at radius 2 is 1.86 bits per heavy atom. The van der Waals surface area contributed by atoms with Crippen molar-refractivity contribution >= 4 is 40.0 Å². The summed E-state index contributed by atoms with van der Waals surface area (Å²) in [5.74, 6) is -0.861. The molecule has 0 bridgehead atoms. The molecule has 2 aromatic carbocycles. The Morgan fingerprint density at radius 1 is 1.14 bits per heavy atom. The van der Waals surface area contributed by atoms with Crippen LogP contribution in [0.15, 0.2) is 42.5 Å². The molecule has 21 heavy (non-hydrogen) atoms. The predicted octanol–water partition coefficient (Wildman–Crippen LogP) is 5.07. The van der Waals surface area contributed by atoms with Gasteiger partial charge >= 0.3 is 6.36 Å². The van der Waals surface area contributed by atoms with E-state index in [1.165, 1.54) is 18.2 Å². The molecule has 0 aromatic heterocycles. The summed E-state index contributed by atoms with van der Waals surface area (Å²) in [7, 11) is 0. The Bertz CT molecular complexity index is 686. The number of carbonyl (C=O) groups is 1. The zero-order chi connectivity index (χ0) is 15.6. The van der Waals surface area contributed by atoms with E-state index < -0.39 is 17.9 Å². The number of benzene rings is 2. The zero-order valence-electron chi connectivity index (χ0n) is 10.2. The Hall–Kier alpha value is -1.28. The molecule has 0 heterocycles. The van der Waals surface area contributed by atoms with E-state index in [-0.39, 0.29) is 5.56 Å². The molecule has 0 aliphatic heterocycles. The average molecular weight is 427 g/mol. The lowest BCUT2D eigenvalue weighted by atomic mass is 10.0.